The van der Waals surface area contributed by atoms with E-state index in [1.807, 2.05) is 0 Å². The highest BCUT2D eigenvalue weighted by Crippen LogP contribution is 2.30. The molecule has 2 aliphatic rings. The van der Waals surface area contributed by atoms with Crippen LogP contribution in [0.25, 0.3) is 0 Å². The van der Waals surface area contributed by atoms with Crippen molar-refractivity contribution in [3.8, 4) is 0 Å². The van der Waals surface area contributed by atoms with E-state index < -0.39 is 0 Å². The normalized spacial score (nSPS) is 22.9. The summed E-state index contributed by atoms with van der Waals surface area (Å²) < 4.78 is 4.99. The third-order valence-corrected chi connectivity index (χ3v) is 4.51. The average Bonchev–Trinajstić information content (AvgIpc) is 3.11. The predicted molar refractivity (Wildman–Crippen MR) is 71.8 cm³/mol. The lowest BCUT2D eigenvalue weighted by Gasteiger charge is -2.24. The van der Waals surface area contributed by atoms with Gasteiger partial charge in [0.05, 0.1) is 17.7 Å². The molecule has 20 heavy (non-hydrogen) atoms. The Morgan fingerprint density at radius 3 is 3.05 bits per heavy atom. The molecule has 0 aliphatic carbocycles. The van der Waals surface area contributed by atoms with Gasteiger partial charge < -0.3 is 14.3 Å². The van der Waals surface area contributed by atoms with Crippen LogP contribution in [-0.4, -0.2) is 56.5 Å². The zero-order valence-corrected chi connectivity index (χ0v) is 12.1. The third-order valence-electron chi connectivity index (χ3n) is 3.57. The molecule has 0 spiro atoms. The molecule has 1 atom stereocenters. The molecular weight excluding hydrogens is 280 g/mol. The van der Waals surface area contributed by atoms with E-state index in [4.69, 9.17) is 4.52 Å². The first kappa shape index (κ1) is 13.4. The fraction of sp³-hybridized carbons (Fsp3) is 0.667. The summed E-state index contributed by atoms with van der Waals surface area (Å²) in [7, 11) is 0. The van der Waals surface area contributed by atoms with Gasteiger partial charge in [-0.3, -0.25) is 9.59 Å². The summed E-state index contributed by atoms with van der Waals surface area (Å²) in [6, 6.07) is -0.120. The summed E-state index contributed by atoms with van der Waals surface area (Å²) in [4.78, 5) is 31.5. The Morgan fingerprint density at radius 2 is 2.40 bits per heavy atom. The van der Waals surface area contributed by atoms with Gasteiger partial charge in [-0.25, -0.2) is 0 Å². The quantitative estimate of drug-likeness (QED) is 0.811. The largest absolute Gasteiger partial charge is 0.340 e. The van der Waals surface area contributed by atoms with Crippen molar-refractivity contribution in [3.63, 3.8) is 0 Å². The summed E-state index contributed by atoms with van der Waals surface area (Å²) in [5.74, 6) is 2.15. The first-order valence-corrected chi connectivity index (χ1v) is 7.76. The fourth-order valence-corrected chi connectivity index (χ4v) is 3.48. The lowest BCUT2D eigenvalue weighted by Crippen LogP contribution is -2.41. The minimum absolute atomic E-state index is 0.0363. The SMILES string of the molecule is Cc1nc([C@H]2CCCN2C(=O)CN2CSCC2=O)no1. The molecular formula is C12H16N4O3S. The first-order chi connectivity index (χ1) is 9.65. The highest BCUT2D eigenvalue weighted by molar-refractivity contribution is 8.00. The van der Waals surface area contributed by atoms with Crippen molar-refractivity contribution < 1.29 is 14.1 Å². The minimum atomic E-state index is -0.120. The van der Waals surface area contributed by atoms with Gasteiger partial charge in [-0.15, -0.1) is 11.8 Å². The molecule has 2 aliphatic heterocycles. The van der Waals surface area contributed by atoms with E-state index in [0.29, 0.717) is 29.9 Å². The molecule has 3 heterocycles. The second-order valence-corrected chi connectivity index (χ2v) is 5.94. The molecule has 0 saturated carbocycles. The molecule has 3 rings (SSSR count). The van der Waals surface area contributed by atoms with Crippen molar-refractivity contribution in [2.75, 3.05) is 24.7 Å². The number of aryl methyl sites for hydroxylation is 1. The molecule has 2 saturated heterocycles. The number of hydrogen-bond acceptors (Lipinski definition) is 6. The molecule has 108 valence electrons. The van der Waals surface area contributed by atoms with E-state index in [0.717, 1.165) is 12.8 Å². The van der Waals surface area contributed by atoms with Crippen LogP contribution in [-0.2, 0) is 9.59 Å². The summed E-state index contributed by atoms with van der Waals surface area (Å²) in [5, 5.41) is 3.91. The van der Waals surface area contributed by atoms with Crippen molar-refractivity contribution in [2.45, 2.75) is 25.8 Å². The number of likely N-dealkylation sites (tertiary alicyclic amines) is 1. The van der Waals surface area contributed by atoms with Crippen LogP contribution in [0.1, 0.15) is 30.6 Å². The molecule has 0 radical (unpaired) electrons. The summed E-state index contributed by atoms with van der Waals surface area (Å²) in [6.45, 7) is 2.57. The van der Waals surface area contributed by atoms with Crippen LogP contribution in [0.15, 0.2) is 4.52 Å². The molecule has 2 fully saturated rings. The molecule has 0 bridgehead atoms. The number of amides is 2. The number of carbonyl (C=O) groups is 2. The van der Waals surface area contributed by atoms with E-state index in [9.17, 15) is 9.59 Å². The maximum absolute atomic E-state index is 12.4. The van der Waals surface area contributed by atoms with Crippen molar-refractivity contribution in [1.82, 2.24) is 19.9 Å². The van der Waals surface area contributed by atoms with Gasteiger partial charge in [-0.2, -0.15) is 4.98 Å². The molecule has 2 amide bonds. The molecule has 7 nitrogen and oxygen atoms in total. The van der Waals surface area contributed by atoms with Crippen molar-refractivity contribution in [2.24, 2.45) is 0 Å². The van der Waals surface area contributed by atoms with Crippen LogP contribution in [0.3, 0.4) is 0 Å². The van der Waals surface area contributed by atoms with Crippen molar-refractivity contribution in [1.29, 1.82) is 0 Å². The number of aromatic nitrogens is 2. The van der Waals surface area contributed by atoms with Gasteiger partial charge in [0.2, 0.25) is 17.7 Å². The van der Waals surface area contributed by atoms with Crippen LogP contribution in [0, 0.1) is 6.92 Å². The molecule has 0 aromatic carbocycles. The number of thioether (sulfide) groups is 1. The van der Waals surface area contributed by atoms with Crippen LogP contribution in [0.4, 0.5) is 0 Å². The van der Waals surface area contributed by atoms with Gasteiger partial charge in [0, 0.05) is 13.5 Å². The second-order valence-electron chi connectivity index (χ2n) is 4.99. The highest BCUT2D eigenvalue weighted by atomic mass is 32.2. The number of rotatable bonds is 3. The number of nitrogens with zero attached hydrogens (tertiary/aromatic N) is 4. The van der Waals surface area contributed by atoms with Gasteiger partial charge in [-0.1, -0.05) is 5.16 Å². The predicted octanol–water partition coefficient (Wildman–Crippen LogP) is 0.574. The monoisotopic (exact) mass is 296 g/mol. The van der Waals surface area contributed by atoms with Crippen LogP contribution < -0.4 is 0 Å². The second kappa shape index (κ2) is 5.43. The molecule has 1 aromatic rings. The van der Waals surface area contributed by atoms with Crippen molar-refractivity contribution in [3.05, 3.63) is 11.7 Å². The zero-order valence-electron chi connectivity index (χ0n) is 11.2. The van der Waals surface area contributed by atoms with E-state index in [1.165, 1.54) is 0 Å². The van der Waals surface area contributed by atoms with Gasteiger partial charge >= 0.3 is 0 Å². The topological polar surface area (TPSA) is 79.5 Å². The Morgan fingerprint density at radius 1 is 1.55 bits per heavy atom. The Labute approximate surface area is 120 Å². The first-order valence-electron chi connectivity index (χ1n) is 6.60. The lowest BCUT2D eigenvalue weighted by molar-refractivity contribution is -0.138. The maximum Gasteiger partial charge on any atom is 0.242 e. The van der Waals surface area contributed by atoms with Crippen molar-refractivity contribution >= 4 is 23.6 Å². The average molecular weight is 296 g/mol. The smallest absolute Gasteiger partial charge is 0.242 e. The van der Waals surface area contributed by atoms with Gasteiger partial charge in [-0.05, 0) is 12.8 Å². The van der Waals surface area contributed by atoms with Crippen LogP contribution in [0.5, 0.6) is 0 Å². The van der Waals surface area contributed by atoms with E-state index in [-0.39, 0.29) is 24.4 Å². The van der Waals surface area contributed by atoms with Gasteiger partial charge in [0.1, 0.15) is 6.54 Å². The third kappa shape index (κ3) is 2.52. The summed E-state index contributed by atoms with van der Waals surface area (Å²) in [5.41, 5.74) is 0. The Bertz CT molecular complexity index is 533. The van der Waals surface area contributed by atoms with Crippen LogP contribution >= 0.6 is 11.8 Å². The standard InChI is InChI=1S/C12H16N4O3S/c1-8-13-12(14-19-8)9-3-2-4-16(9)10(17)5-15-7-20-6-11(15)18/h9H,2-7H2,1H3/t9-/m1/s1. The lowest BCUT2D eigenvalue weighted by atomic mass is 10.2. The van der Waals surface area contributed by atoms with Gasteiger partial charge in [0.25, 0.3) is 0 Å². The minimum Gasteiger partial charge on any atom is -0.340 e. The number of hydrogen-bond donors (Lipinski definition) is 0. The van der Waals surface area contributed by atoms with E-state index in [1.54, 1.807) is 28.5 Å². The maximum atomic E-state index is 12.4. The Hall–Kier alpha value is -1.57. The van der Waals surface area contributed by atoms with Gasteiger partial charge in [0.15, 0.2) is 5.82 Å². The Kier molecular flexibility index (Phi) is 3.64. The van der Waals surface area contributed by atoms with Crippen LogP contribution in [0.2, 0.25) is 0 Å². The number of carbonyl (C=O) groups excluding carboxylic acids is 2. The van der Waals surface area contributed by atoms with E-state index in [2.05, 4.69) is 10.1 Å². The molecule has 1 aromatic heterocycles. The fourth-order valence-electron chi connectivity index (χ4n) is 2.58. The summed E-state index contributed by atoms with van der Waals surface area (Å²) >= 11 is 1.54. The molecule has 0 unspecified atom stereocenters. The molecule has 0 N–H and O–H groups in total. The molecule has 8 heteroatoms. The Balaban J connectivity index is 1.68. The van der Waals surface area contributed by atoms with E-state index >= 15 is 0 Å². The highest BCUT2D eigenvalue weighted by Gasteiger charge is 2.35. The summed E-state index contributed by atoms with van der Waals surface area (Å²) in [6.07, 6.45) is 1.76. The zero-order chi connectivity index (χ0) is 14.1.